The van der Waals surface area contributed by atoms with Crippen LogP contribution in [0.2, 0.25) is 0 Å². The second-order valence-corrected chi connectivity index (χ2v) is 9.24. The fourth-order valence-electron chi connectivity index (χ4n) is 3.67. The Morgan fingerprint density at radius 2 is 1.74 bits per heavy atom. The van der Waals surface area contributed by atoms with Crippen LogP contribution in [0, 0.1) is 20.8 Å². The Balaban J connectivity index is 1.67. The molecule has 0 amide bonds. The fourth-order valence-corrected chi connectivity index (χ4v) is 4.61. The topological polar surface area (TPSA) is 60.3 Å². The van der Waals surface area contributed by atoms with E-state index in [4.69, 9.17) is 4.74 Å². The highest BCUT2D eigenvalue weighted by Crippen LogP contribution is 2.32. The van der Waals surface area contributed by atoms with E-state index in [1.54, 1.807) is 0 Å². The van der Waals surface area contributed by atoms with Crippen LogP contribution < -0.4 is 4.90 Å². The third kappa shape index (κ3) is 4.52. The zero-order valence-corrected chi connectivity index (χ0v) is 19.3. The lowest BCUT2D eigenvalue weighted by Crippen LogP contribution is -2.38. The Hall–Kier alpha value is -2.64. The SMILES string of the molecule is Cc1ccc(C(=O)C(C)Sc2nnc(N3CCOCC3)n2-c2ccccc2C)cc1C. The van der Waals surface area contributed by atoms with E-state index in [1.807, 2.05) is 44.2 Å². The minimum Gasteiger partial charge on any atom is -0.378 e. The minimum atomic E-state index is -0.286. The van der Waals surface area contributed by atoms with Gasteiger partial charge in [-0.1, -0.05) is 42.1 Å². The van der Waals surface area contributed by atoms with Crippen LogP contribution in [0.25, 0.3) is 5.69 Å². The molecule has 1 atom stereocenters. The summed E-state index contributed by atoms with van der Waals surface area (Å²) in [6.07, 6.45) is 0. The molecular weight excluding hydrogens is 408 g/mol. The number of ether oxygens (including phenoxy) is 1. The van der Waals surface area contributed by atoms with Gasteiger partial charge in [-0.15, -0.1) is 10.2 Å². The number of Topliss-reactive ketones (excluding diaryl/α,β-unsaturated/α-hetero) is 1. The van der Waals surface area contributed by atoms with Gasteiger partial charge in [-0.2, -0.15) is 0 Å². The Bertz CT molecular complexity index is 1090. The zero-order valence-electron chi connectivity index (χ0n) is 18.5. The van der Waals surface area contributed by atoms with Crippen molar-refractivity contribution in [2.75, 3.05) is 31.2 Å². The lowest BCUT2D eigenvalue weighted by Gasteiger charge is -2.28. The Morgan fingerprint density at radius 3 is 2.45 bits per heavy atom. The molecule has 1 aromatic heterocycles. The van der Waals surface area contributed by atoms with E-state index >= 15 is 0 Å². The Kier molecular flexibility index (Phi) is 6.43. The van der Waals surface area contributed by atoms with Gasteiger partial charge in [-0.05, 0) is 56.5 Å². The van der Waals surface area contributed by atoms with Crippen LogP contribution in [-0.4, -0.2) is 52.1 Å². The number of rotatable bonds is 6. The number of carbonyl (C=O) groups is 1. The predicted octanol–water partition coefficient (Wildman–Crippen LogP) is 4.39. The summed E-state index contributed by atoms with van der Waals surface area (Å²) in [6.45, 7) is 11.0. The van der Waals surface area contributed by atoms with Crippen molar-refractivity contribution < 1.29 is 9.53 Å². The summed E-state index contributed by atoms with van der Waals surface area (Å²) >= 11 is 1.45. The van der Waals surface area contributed by atoms with Crippen molar-refractivity contribution in [2.45, 2.75) is 38.1 Å². The summed E-state index contributed by atoms with van der Waals surface area (Å²) in [5.41, 5.74) is 5.21. The van der Waals surface area contributed by atoms with Crippen LogP contribution in [0.15, 0.2) is 47.6 Å². The molecule has 2 heterocycles. The number of aryl methyl sites for hydroxylation is 3. The fraction of sp³-hybridized carbons (Fsp3) is 0.375. The molecule has 0 N–H and O–H groups in total. The summed E-state index contributed by atoms with van der Waals surface area (Å²) in [7, 11) is 0. The molecule has 1 fully saturated rings. The van der Waals surface area contributed by atoms with Crippen LogP contribution in [0.3, 0.4) is 0 Å². The summed E-state index contributed by atoms with van der Waals surface area (Å²) < 4.78 is 7.59. The van der Waals surface area contributed by atoms with Gasteiger partial charge >= 0.3 is 0 Å². The highest BCUT2D eigenvalue weighted by atomic mass is 32.2. The third-order valence-corrected chi connectivity index (χ3v) is 6.75. The van der Waals surface area contributed by atoms with Crippen molar-refractivity contribution in [3.05, 3.63) is 64.7 Å². The van der Waals surface area contributed by atoms with Crippen molar-refractivity contribution in [2.24, 2.45) is 0 Å². The van der Waals surface area contributed by atoms with Crippen molar-refractivity contribution in [1.29, 1.82) is 0 Å². The Morgan fingerprint density at radius 1 is 1.00 bits per heavy atom. The van der Waals surface area contributed by atoms with Gasteiger partial charge < -0.3 is 9.64 Å². The van der Waals surface area contributed by atoms with Crippen LogP contribution in [-0.2, 0) is 4.74 Å². The summed E-state index contributed by atoms with van der Waals surface area (Å²) in [4.78, 5) is 15.3. The van der Waals surface area contributed by atoms with Crippen LogP contribution in [0.4, 0.5) is 5.95 Å². The molecule has 1 unspecified atom stereocenters. The highest BCUT2D eigenvalue weighted by molar-refractivity contribution is 8.00. The zero-order chi connectivity index (χ0) is 22.0. The minimum absolute atomic E-state index is 0.0976. The standard InChI is InChI=1S/C24H28N4O2S/c1-16-9-10-20(15-18(16)3)22(29)19(4)31-24-26-25-23(27-11-13-30-14-12-27)28(24)21-8-6-5-7-17(21)2/h5-10,15,19H,11-14H2,1-4H3. The molecule has 2 aromatic carbocycles. The van der Waals surface area contributed by atoms with Gasteiger partial charge in [0.15, 0.2) is 10.9 Å². The molecule has 162 valence electrons. The van der Waals surface area contributed by atoms with Crippen molar-refractivity contribution in [3.63, 3.8) is 0 Å². The van der Waals surface area contributed by atoms with E-state index in [9.17, 15) is 4.79 Å². The second-order valence-electron chi connectivity index (χ2n) is 7.93. The maximum absolute atomic E-state index is 13.1. The number of anilines is 1. The maximum atomic E-state index is 13.1. The average Bonchev–Trinajstić information content (AvgIpc) is 3.19. The number of carbonyl (C=O) groups excluding carboxylic acids is 1. The largest absolute Gasteiger partial charge is 0.378 e. The average molecular weight is 437 g/mol. The number of hydrogen-bond donors (Lipinski definition) is 0. The summed E-state index contributed by atoms with van der Waals surface area (Å²) in [5.74, 6) is 0.895. The van der Waals surface area contributed by atoms with Gasteiger partial charge in [-0.25, -0.2) is 0 Å². The van der Waals surface area contributed by atoms with Crippen LogP contribution >= 0.6 is 11.8 Å². The molecule has 0 bridgehead atoms. The van der Waals surface area contributed by atoms with Crippen LogP contribution in [0.5, 0.6) is 0 Å². The van der Waals surface area contributed by atoms with Gasteiger partial charge in [0.25, 0.3) is 0 Å². The normalized spacial score (nSPS) is 15.2. The predicted molar refractivity (Wildman–Crippen MR) is 125 cm³/mol. The third-order valence-electron chi connectivity index (χ3n) is 5.71. The monoisotopic (exact) mass is 436 g/mol. The molecule has 6 nitrogen and oxygen atoms in total. The first kappa shape index (κ1) is 21.6. The lowest BCUT2D eigenvalue weighted by atomic mass is 10.0. The molecule has 4 rings (SSSR count). The quantitative estimate of drug-likeness (QED) is 0.422. The lowest BCUT2D eigenvalue weighted by molar-refractivity contribution is 0.0993. The second kappa shape index (κ2) is 9.24. The number of hydrogen-bond acceptors (Lipinski definition) is 6. The van der Waals surface area contributed by atoms with Gasteiger partial charge in [0, 0.05) is 18.7 Å². The number of thioether (sulfide) groups is 1. The summed E-state index contributed by atoms with van der Waals surface area (Å²) in [6, 6.07) is 14.1. The molecule has 31 heavy (non-hydrogen) atoms. The molecular formula is C24H28N4O2S. The molecule has 0 spiro atoms. The number of para-hydroxylation sites is 1. The number of ketones is 1. The van der Waals surface area contributed by atoms with E-state index in [2.05, 4.69) is 45.6 Å². The first-order chi connectivity index (χ1) is 15.0. The van der Waals surface area contributed by atoms with Crippen LogP contribution in [0.1, 0.15) is 34.0 Å². The molecule has 0 aliphatic carbocycles. The van der Waals surface area contributed by atoms with E-state index in [1.165, 1.54) is 17.3 Å². The smallest absolute Gasteiger partial charge is 0.232 e. The molecule has 7 heteroatoms. The molecule has 0 radical (unpaired) electrons. The van der Waals surface area contributed by atoms with E-state index in [0.29, 0.717) is 13.2 Å². The number of morpholine rings is 1. The van der Waals surface area contributed by atoms with Crippen molar-refractivity contribution >= 4 is 23.5 Å². The maximum Gasteiger partial charge on any atom is 0.232 e. The number of benzene rings is 2. The molecule has 1 aliphatic heterocycles. The highest BCUT2D eigenvalue weighted by Gasteiger charge is 2.26. The molecule has 1 aliphatic rings. The summed E-state index contributed by atoms with van der Waals surface area (Å²) in [5, 5.41) is 9.45. The van der Waals surface area contributed by atoms with Gasteiger partial charge in [0.05, 0.1) is 24.2 Å². The number of nitrogens with zero attached hydrogens (tertiary/aromatic N) is 4. The van der Waals surface area contributed by atoms with Crippen molar-refractivity contribution in [3.8, 4) is 5.69 Å². The Labute approximate surface area is 187 Å². The van der Waals surface area contributed by atoms with Gasteiger partial charge in [0.1, 0.15) is 0 Å². The van der Waals surface area contributed by atoms with E-state index in [-0.39, 0.29) is 11.0 Å². The number of aromatic nitrogens is 3. The molecule has 0 saturated carbocycles. The van der Waals surface area contributed by atoms with E-state index < -0.39 is 0 Å². The van der Waals surface area contributed by atoms with Crippen molar-refractivity contribution in [1.82, 2.24) is 14.8 Å². The van der Waals surface area contributed by atoms with E-state index in [0.717, 1.165) is 46.6 Å². The van der Waals surface area contributed by atoms with Gasteiger partial charge in [0.2, 0.25) is 5.95 Å². The molecule has 3 aromatic rings. The van der Waals surface area contributed by atoms with Gasteiger partial charge in [-0.3, -0.25) is 9.36 Å². The molecule has 1 saturated heterocycles. The first-order valence-electron chi connectivity index (χ1n) is 10.6. The first-order valence-corrected chi connectivity index (χ1v) is 11.5.